The summed E-state index contributed by atoms with van der Waals surface area (Å²) < 4.78 is 2.27. The fourth-order valence-corrected chi connectivity index (χ4v) is 2.45. The van der Waals surface area contributed by atoms with Gasteiger partial charge < -0.3 is 4.98 Å². The zero-order valence-electron chi connectivity index (χ0n) is 8.99. The summed E-state index contributed by atoms with van der Waals surface area (Å²) in [5.41, 5.74) is 1.90. The quantitative estimate of drug-likeness (QED) is 0.768. The third-order valence-electron chi connectivity index (χ3n) is 3.08. The largest absolute Gasteiger partial charge is 0.332 e. The molecule has 82 valence electrons. The molecule has 0 aliphatic heterocycles. The first-order chi connectivity index (χ1) is 7.68. The molecule has 4 heteroatoms. The van der Waals surface area contributed by atoms with Crippen LogP contribution in [0.25, 0.3) is 10.9 Å². The van der Waals surface area contributed by atoms with E-state index < -0.39 is 0 Å². The maximum Gasteiger partial charge on any atom is 0.262 e. The van der Waals surface area contributed by atoms with Crippen molar-refractivity contribution in [2.75, 3.05) is 0 Å². The van der Waals surface area contributed by atoms with Crippen molar-refractivity contribution in [2.45, 2.75) is 25.8 Å². The Morgan fingerprint density at radius 1 is 1.44 bits per heavy atom. The fourth-order valence-electron chi connectivity index (χ4n) is 2.11. The molecule has 0 bridgehead atoms. The van der Waals surface area contributed by atoms with Crippen LogP contribution in [-0.2, 0) is 0 Å². The SMILES string of the molecule is Cc1cccc2[nH]c(=S)n(C3CC3)c(=O)c12. The van der Waals surface area contributed by atoms with E-state index in [1.54, 1.807) is 4.57 Å². The summed E-state index contributed by atoms with van der Waals surface area (Å²) in [6.07, 6.45) is 2.13. The van der Waals surface area contributed by atoms with Crippen LogP contribution in [0.1, 0.15) is 24.4 Å². The van der Waals surface area contributed by atoms with E-state index in [9.17, 15) is 4.79 Å². The Morgan fingerprint density at radius 2 is 2.19 bits per heavy atom. The van der Waals surface area contributed by atoms with Gasteiger partial charge in [-0.15, -0.1) is 0 Å². The highest BCUT2D eigenvalue weighted by atomic mass is 32.1. The molecule has 0 atom stereocenters. The van der Waals surface area contributed by atoms with Crippen molar-refractivity contribution in [2.24, 2.45) is 0 Å². The molecule has 16 heavy (non-hydrogen) atoms. The van der Waals surface area contributed by atoms with Crippen molar-refractivity contribution in [3.8, 4) is 0 Å². The van der Waals surface area contributed by atoms with E-state index in [-0.39, 0.29) is 5.56 Å². The molecule has 1 aliphatic rings. The number of aryl methyl sites for hydroxylation is 1. The molecule has 3 nitrogen and oxygen atoms in total. The number of benzene rings is 1. The first-order valence-electron chi connectivity index (χ1n) is 5.42. The molecule has 1 N–H and O–H groups in total. The van der Waals surface area contributed by atoms with Crippen molar-refractivity contribution >= 4 is 23.1 Å². The van der Waals surface area contributed by atoms with Gasteiger partial charge in [-0.05, 0) is 43.6 Å². The maximum atomic E-state index is 12.3. The number of nitrogens with zero attached hydrogens (tertiary/aromatic N) is 1. The summed E-state index contributed by atoms with van der Waals surface area (Å²) in [5, 5.41) is 0.767. The second kappa shape index (κ2) is 3.28. The minimum absolute atomic E-state index is 0.0550. The Hall–Kier alpha value is -1.42. The van der Waals surface area contributed by atoms with Crippen molar-refractivity contribution in [3.05, 3.63) is 38.9 Å². The molecular formula is C12H12N2OS. The summed E-state index contributed by atoms with van der Waals surface area (Å²) >= 11 is 5.23. The number of aromatic amines is 1. The lowest BCUT2D eigenvalue weighted by Gasteiger charge is -2.07. The van der Waals surface area contributed by atoms with Gasteiger partial charge in [0.05, 0.1) is 10.9 Å². The minimum atomic E-state index is 0.0550. The average molecular weight is 232 g/mol. The minimum Gasteiger partial charge on any atom is -0.332 e. The van der Waals surface area contributed by atoms with Crippen molar-refractivity contribution in [3.63, 3.8) is 0 Å². The standard InChI is InChI=1S/C12H12N2OS/c1-7-3-2-4-9-10(7)11(15)14(8-5-6-8)12(16)13-9/h2-4,8H,5-6H2,1H3,(H,13,16). The zero-order chi connectivity index (χ0) is 11.3. The zero-order valence-corrected chi connectivity index (χ0v) is 9.80. The molecular weight excluding hydrogens is 220 g/mol. The number of hydrogen-bond acceptors (Lipinski definition) is 2. The highest BCUT2D eigenvalue weighted by molar-refractivity contribution is 7.71. The molecule has 0 radical (unpaired) electrons. The van der Waals surface area contributed by atoms with Gasteiger partial charge in [0.25, 0.3) is 5.56 Å². The van der Waals surface area contributed by atoms with Crippen LogP contribution in [-0.4, -0.2) is 9.55 Å². The molecule has 1 fully saturated rings. The van der Waals surface area contributed by atoms with Crippen LogP contribution in [0.3, 0.4) is 0 Å². The van der Waals surface area contributed by atoms with Crippen LogP contribution in [0.5, 0.6) is 0 Å². The number of aromatic nitrogens is 2. The second-order valence-electron chi connectivity index (χ2n) is 4.33. The molecule has 0 unspecified atom stereocenters. The molecule has 0 amide bonds. The highest BCUT2D eigenvalue weighted by Crippen LogP contribution is 2.33. The van der Waals surface area contributed by atoms with E-state index in [0.717, 1.165) is 29.3 Å². The molecule has 1 saturated carbocycles. The van der Waals surface area contributed by atoms with Gasteiger partial charge in [0, 0.05) is 6.04 Å². The van der Waals surface area contributed by atoms with E-state index in [1.807, 2.05) is 25.1 Å². The van der Waals surface area contributed by atoms with Crippen molar-refractivity contribution in [1.29, 1.82) is 0 Å². The van der Waals surface area contributed by atoms with E-state index in [4.69, 9.17) is 12.2 Å². The van der Waals surface area contributed by atoms with Gasteiger partial charge in [-0.1, -0.05) is 12.1 Å². The molecule has 0 spiro atoms. The summed E-state index contributed by atoms with van der Waals surface area (Å²) in [7, 11) is 0. The Balaban J connectivity index is 2.50. The molecule has 1 heterocycles. The lowest BCUT2D eigenvalue weighted by Crippen LogP contribution is -2.21. The van der Waals surface area contributed by atoms with Crippen LogP contribution in [0.4, 0.5) is 0 Å². The number of rotatable bonds is 1. The number of hydrogen-bond donors (Lipinski definition) is 1. The van der Waals surface area contributed by atoms with E-state index in [0.29, 0.717) is 10.8 Å². The van der Waals surface area contributed by atoms with Gasteiger partial charge in [-0.3, -0.25) is 9.36 Å². The Bertz CT molecular complexity index is 679. The first kappa shape index (κ1) is 9.78. The van der Waals surface area contributed by atoms with Gasteiger partial charge in [0.2, 0.25) is 0 Å². The van der Waals surface area contributed by atoms with Crippen LogP contribution in [0, 0.1) is 11.7 Å². The third-order valence-corrected chi connectivity index (χ3v) is 3.38. The summed E-state index contributed by atoms with van der Waals surface area (Å²) in [6.45, 7) is 1.96. The lowest BCUT2D eigenvalue weighted by atomic mass is 10.1. The monoisotopic (exact) mass is 232 g/mol. The van der Waals surface area contributed by atoms with Crippen LogP contribution < -0.4 is 5.56 Å². The van der Waals surface area contributed by atoms with Crippen molar-refractivity contribution < 1.29 is 0 Å². The molecule has 0 saturated heterocycles. The van der Waals surface area contributed by atoms with Gasteiger partial charge in [0.1, 0.15) is 0 Å². The smallest absolute Gasteiger partial charge is 0.262 e. The van der Waals surface area contributed by atoms with Crippen LogP contribution in [0.2, 0.25) is 0 Å². The third kappa shape index (κ3) is 1.33. The van der Waals surface area contributed by atoms with Gasteiger partial charge in [-0.2, -0.15) is 0 Å². The predicted octanol–water partition coefficient (Wildman–Crippen LogP) is 2.70. The topological polar surface area (TPSA) is 37.8 Å². The van der Waals surface area contributed by atoms with E-state index in [2.05, 4.69) is 4.98 Å². The molecule has 1 aliphatic carbocycles. The normalized spacial score (nSPS) is 15.6. The Labute approximate surface area is 97.7 Å². The Morgan fingerprint density at radius 3 is 2.88 bits per heavy atom. The summed E-state index contributed by atoms with van der Waals surface area (Å²) in [6, 6.07) is 6.11. The number of fused-ring (bicyclic) bond motifs is 1. The van der Waals surface area contributed by atoms with Gasteiger partial charge >= 0.3 is 0 Å². The molecule has 3 rings (SSSR count). The second-order valence-corrected chi connectivity index (χ2v) is 4.72. The first-order valence-corrected chi connectivity index (χ1v) is 5.83. The number of H-pyrrole nitrogens is 1. The lowest BCUT2D eigenvalue weighted by molar-refractivity contribution is 0.685. The van der Waals surface area contributed by atoms with Crippen LogP contribution >= 0.6 is 12.2 Å². The van der Waals surface area contributed by atoms with Crippen LogP contribution in [0.15, 0.2) is 23.0 Å². The molecule has 1 aromatic heterocycles. The van der Waals surface area contributed by atoms with Crippen molar-refractivity contribution in [1.82, 2.24) is 9.55 Å². The predicted molar refractivity (Wildman–Crippen MR) is 66.4 cm³/mol. The maximum absolute atomic E-state index is 12.3. The molecule has 1 aromatic carbocycles. The highest BCUT2D eigenvalue weighted by Gasteiger charge is 2.26. The number of nitrogens with one attached hydrogen (secondary N) is 1. The molecule has 2 aromatic rings. The van der Waals surface area contributed by atoms with E-state index in [1.165, 1.54) is 0 Å². The van der Waals surface area contributed by atoms with Gasteiger partial charge in [0.15, 0.2) is 4.77 Å². The summed E-state index contributed by atoms with van der Waals surface area (Å²) in [5.74, 6) is 0. The van der Waals surface area contributed by atoms with E-state index >= 15 is 0 Å². The Kier molecular flexibility index (Phi) is 2.01. The van der Waals surface area contributed by atoms with Gasteiger partial charge in [-0.25, -0.2) is 0 Å². The summed E-state index contributed by atoms with van der Waals surface area (Å²) in [4.78, 5) is 15.5. The fraction of sp³-hybridized carbons (Fsp3) is 0.333. The average Bonchev–Trinajstić information content (AvgIpc) is 3.01.